The van der Waals surface area contributed by atoms with Gasteiger partial charge in [-0.1, -0.05) is 17.7 Å². The number of fused-ring (bicyclic) bond motifs is 1. The molecule has 4 rings (SSSR count). The van der Waals surface area contributed by atoms with Crippen LogP contribution in [0.3, 0.4) is 0 Å². The number of aryl methyl sites for hydroxylation is 2. The molecule has 0 atom stereocenters. The summed E-state index contributed by atoms with van der Waals surface area (Å²) >= 11 is 0. The van der Waals surface area contributed by atoms with Crippen LogP contribution in [0.2, 0.25) is 0 Å². The van der Waals surface area contributed by atoms with Gasteiger partial charge < -0.3 is 0 Å². The van der Waals surface area contributed by atoms with Gasteiger partial charge in [0, 0.05) is 18.3 Å². The summed E-state index contributed by atoms with van der Waals surface area (Å²) < 4.78 is 82.1. The third kappa shape index (κ3) is 4.20. The van der Waals surface area contributed by atoms with Gasteiger partial charge in [-0.15, -0.1) is 0 Å². The lowest BCUT2D eigenvalue weighted by atomic mass is 10.0. The van der Waals surface area contributed by atoms with Crippen LogP contribution in [0.1, 0.15) is 17.5 Å². The SMILES string of the molecule is Cc1ccc(S(=O)(=O)N2CCCc3cc(NS(=O)(=O)c4ccc(F)cc4F)ccc32)cc1. The second-order valence-corrected chi connectivity index (χ2v) is 11.0. The number of sulfonamides is 2. The first-order valence-corrected chi connectivity index (χ1v) is 12.7. The lowest BCUT2D eigenvalue weighted by Gasteiger charge is -2.31. The molecule has 0 unspecified atom stereocenters. The Bertz CT molecular complexity index is 1390. The van der Waals surface area contributed by atoms with Crippen molar-refractivity contribution in [3.8, 4) is 0 Å². The summed E-state index contributed by atoms with van der Waals surface area (Å²) in [5, 5.41) is 0. The van der Waals surface area contributed by atoms with Crippen molar-refractivity contribution in [2.75, 3.05) is 15.6 Å². The Morgan fingerprint density at radius 3 is 2.31 bits per heavy atom. The molecular formula is C22H20F2N2O4S2. The molecule has 0 saturated carbocycles. The smallest absolute Gasteiger partial charge is 0.264 e. The van der Waals surface area contributed by atoms with E-state index in [4.69, 9.17) is 0 Å². The molecule has 0 spiro atoms. The maximum absolute atomic E-state index is 14.0. The van der Waals surface area contributed by atoms with Crippen LogP contribution < -0.4 is 9.03 Å². The van der Waals surface area contributed by atoms with Gasteiger partial charge in [-0.3, -0.25) is 9.03 Å². The zero-order valence-electron chi connectivity index (χ0n) is 17.0. The fraction of sp³-hybridized carbons (Fsp3) is 0.182. The average molecular weight is 479 g/mol. The quantitative estimate of drug-likeness (QED) is 0.595. The van der Waals surface area contributed by atoms with Gasteiger partial charge in [0.1, 0.15) is 16.5 Å². The van der Waals surface area contributed by atoms with E-state index in [2.05, 4.69) is 4.72 Å². The average Bonchev–Trinajstić information content (AvgIpc) is 2.73. The van der Waals surface area contributed by atoms with Gasteiger partial charge in [0.25, 0.3) is 20.0 Å². The molecule has 0 bridgehead atoms. The molecule has 1 heterocycles. The van der Waals surface area contributed by atoms with Crippen molar-refractivity contribution in [3.63, 3.8) is 0 Å². The second-order valence-electron chi connectivity index (χ2n) is 7.52. The third-order valence-electron chi connectivity index (χ3n) is 5.20. The van der Waals surface area contributed by atoms with E-state index in [1.165, 1.54) is 22.5 Å². The Morgan fingerprint density at radius 2 is 1.62 bits per heavy atom. The summed E-state index contributed by atoms with van der Waals surface area (Å²) in [7, 11) is -8.08. The molecule has 0 fully saturated rings. The van der Waals surface area contributed by atoms with E-state index in [1.54, 1.807) is 24.3 Å². The van der Waals surface area contributed by atoms with Gasteiger partial charge in [0.05, 0.1) is 10.6 Å². The van der Waals surface area contributed by atoms with Crippen molar-refractivity contribution < 1.29 is 25.6 Å². The number of nitrogens with one attached hydrogen (secondary N) is 1. The van der Waals surface area contributed by atoms with Crippen LogP contribution in [0.15, 0.2) is 70.5 Å². The van der Waals surface area contributed by atoms with Crippen molar-refractivity contribution in [1.29, 1.82) is 0 Å². The Hall–Kier alpha value is -2.98. The molecule has 3 aromatic rings. The van der Waals surface area contributed by atoms with Crippen molar-refractivity contribution in [2.24, 2.45) is 0 Å². The van der Waals surface area contributed by atoms with E-state index in [-0.39, 0.29) is 10.6 Å². The maximum Gasteiger partial charge on any atom is 0.264 e. The molecule has 1 aliphatic rings. The highest BCUT2D eigenvalue weighted by Crippen LogP contribution is 2.34. The van der Waals surface area contributed by atoms with E-state index in [9.17, 15) is 25.6 Å². The topological polar surface area (TPSA) is 83.6 Å². The van der Waals surface area contributed by atoms with Crippen molar-refractivity contribution in [1.82, 2.24) is 0 Å². The number of hydrogen-bond donors (Lipinski definition) is 1. The van der Waals surface area contributed by atoms with Gasteiger partial charge in [0.15, 0.2) is 0 Å². The molecule has 0 amide bonds. The van der Waals surface area contributed by atoms with E-state index < -0.39 is 36.6 Å². The Morgan fingerprint density at radius 1 is 0.906 bits per heavy atom. The van der Waals surface area contributed by atoms with Crippen LogP contribution in [-0.4, -0.2) is 23.4 Å². The Kier molecular flexibility index (Phi) is 5.68. The zero-order valence-corrected chi connectivity index (χ0v) is 18.7. The number of hydrogen-bond acceptors (Lipinski definition) is 4. The van der Waals surface area contributed by atoms with E-state index in [0.29, 0.717) is 36.7 Å². The van der Waals surface area contributed by atoms with E-state index in [0.717, 1.165) is 17.7 Å². The van der Waals surface area contributed by atoms with Crippen LogP contribution in [0, 0.1) is 18.6 Å². The van der Waals surface area contributed by atoms with Gasteiger partial charge in [-0.2, -0.15) is 0 Å². The Labute approximate surface area is 185 Å². The number of nitrogens with zero attached hydrogens (tertiary/aromatic N) is 1. The number of benzene rings is 3. The van der Waals surface area contributed by atoms with Gasteiger partial charge in [-0.05, 0) is 67.8 Å². The first-order valence-electron chi connectivity index (χ1n) is 9.78. The van der Waals surface area contributed by atoms with Crippen LogP contribution in [0.25, 0.3) is 0 Å². The fourth-order valence-corrected chi connectivity index (χ4v) is 6.27. The molecule has 1 aliphatic heterocycles. The second kappa shape index (κ2) is 8.18. The minimum absolute atomic E-state index is 0.155. The van der Waals surface area contributed by atoms with Crippen LogP contribution in [0.4, 0.5) is 20.2 Å². The van der Waals surface area contributed by atoms with E-state index >= 15 is 0 Å². The monoisotopic (exact) mass is 478 g/mol. The lowest BCUT2D eigenvalue weighted by Crippen LogP contribution is -2.35. The fourth-order valence-electron chi connectivity index (χ4n) is 3.62. The van der Waals surface area contributed by atoms with Crippen molar-refractivity contribution >= 4 is 31.4 Å². The minimum Gasteiger partial charge on any atom is -0.280 e. The van der Waals surface area contributed by atoms with Gasteiger partial charge in [0.2, 0.25) is 0 Å². The molecule has 32 heavy (non-hydrogen) atoms. The molecule has 0 radical (unpaired) electrons. The lowest BCUT2D eigenvalue weighted by molar-refractivity contribution is 0.551. The van der Waals surface area contributed by atoms with Crippen molar-refractivity contribution in [3.05, 3.63) is 83.4 Å². The summed E-state index contributed by atoms with van der Waals surface area (Å²) in [6.07, 6.45) is 1.11. The molecule has 0 saturated heterocycles. The third-order valence-corrected chi connectivity index (χ3v) is 8.44. The van der Waals surface area contributed by atoms with Crippen molar-refractivity contribution in [2.45, 2.75) is 29.6 Å². The summed E-state index contributed by atoms with van der Waals surface area (Å²) in [6.45, 7) is 2.17. The largest absolute Gasteiger partial charge is 0.280 e. The van der Waals surface area contributed by atoms with Crippen LogP contribution >= 0.6 is 0 Å². The standard InChI is InChI=1S/C22H20F2N2O4S2/c1-15-4-8-19(9-5-15)32(29,30)26-12-2-3-16-13-18(7-10-21(16)26)25-31(27,28)22-11-6-17(23)14-20(22)24/h4-11,13-14,25H,2-3,12H2,1H3. The molecular weight excluding hydrogens is 458 g/mol. The first-order chi connectivity index (χ1) is 15.1. The molecule has 0 aromatic heterocycles. The van der Waals surface area contributed by atoms with Gasteiger partial charge in [-0.25, -0.2) is 25.6 Å². The molecule has 0 aliphatic carbocycles. The number of anilines is 2. The normalized spacial score (nSPS) is 14.2. The first kappa shape index (κ1) is 22.2. The van der Waals surface area contributed by atoms with E-state index in [1.807, 2.05) is 6.92 Å². The summed E-state index contributed by atoms with van der Waals surface area (Å²) in [5.74, 6) is -2.09. The number of rotatable bonds is 5. The maximum atomic E-state index is 14.0. The summed E-state index contributed by atoms with van der Waals surface area (Å²) in [6, 6.07) is 13.2. The summed E-state index contributed by atoms with van der Waals surface area (Å²) in [4.78, 5) is -0.507. The highest BCUT2D eigenvalue weighted by Gasteiger charge is 2.29. The molecule has 10 heteroatoms. The molecule has 1 N–H and O–H groups in total. The van der Waals surface area contributed by atoms with Crippen LogP contribution in [0.5, 0.6) is 0 Å². The van der Waals surface area contributed by atoms with Gasteiger partial charge >= 0.3 is 0 Å². The minimum atomic E-state index is -4.30. The highest BCUT2D eigenvalue weighted by atomic mass is 32.2. The molecule has 6 nitrogen and oxygen atoms in total. The molecule has 168 valence electrons. The molecule has 3 aromatic carbocycles. The predicted molar refractivity (Wildman–Crippen MR) is 118 cm³/mol. The Balaban J connectivity index is 1.66. The number of halogens is 2. The zero-order chi connectivity index (χ0) is 23.1. The predicted octanol–water partition coefficient (Wildman–Crippen LogP) is 4.22. The van der Waals surface area contributed by atoms with Crippen LogP contribution in [-0.2, 0) is 26.5 Å². The summed E-state index contributed by atoms with van der Waals surface area (Å²) in [5.41, 5.74) is 2.21. The highest BCUT2D eigenvalue weighted by molar-refractivity contribution is 7.93.